The fourth-order valence-corrected chi connectivity index (χ4v) is 2.00. The van der Waals surface area contributed by atoms with Crippen LogP contribution >= 0.6 is 0 Å². The summed E-state index contributed by atoms with van der Waals surface area (Å²) in [5, 5.41) is 9.98. The van der Waals surface area contributed by atoms with E-state index in [-0.39, 0.29) is 6.10 Å². The lowest BCUT2D eigenvalue weighted by molar-refractivity contribution is 0.151. The van der Waals surface area contributed by atoms with Crippen LogP contribution in [0.25, 0.3) is 0 Å². The molecule has 2 heteroatoms. The third kappa shape index (κ3) is 2.32. The van der Waals surface area contributed by atoms with E-state index < -0.39 is 0 Å². The van der Waals surface area contributed by atoms with Crippen LogP contribution in [0.3, 0.4) is 0 Å². The third-order valence-corrected chi connectivity index (χ3v) is 2.79. The molecule has 1 unspecified atom stereocenters. The average molecular weight is 206 g/mol. The minimum absolute atomic E-state index is 0.337. The lowest BCUT2D eigenvalue weighted by atomic mass is 9.97. The Bertz CT molecular complexity index is 344. The molecule has 1 atom stereocenters. The summed E-state index contributed by atoms with van der Waals surface area (Å²) < 4.78 is 5.43. The molecule has 0 amide bonds. The Hall–Kier alpha value is -1.02. The van der Waals surface area contributed by atoms with Crippen molar-refractivity contribution in [3.8, 4) is 5.75 Å². The van der Waals surface area contributed by atoms with Crippen LogP contribution in [0, 0.1) is 5.92 Å². The maximum Gasteiger partial charge on any atom is 0.122 e. The first-order valence-corrected chi connectivity index (χ1v) is 5.60. The molecule has 1 N–H and O–H groups in total. The molecular formula is C13H18O2. The Balaban J connectivity index is 2.15. The highest BCUT2D eigenvalue weighted by atomic mass is 16.5. The van der Waals surface area contributed by atoms with Crippen molar-refractivity contribution in [3.05, 3.63) is 29.3 Å². The summed E-state index contributed by atoms with van der Waals surface area (Å²) in [5.41, 5.74) is 2.25. The molecular weight excluding hydrogens is 188 g/mol. The van der Waals surface area contributed by atoms with Gasteiger partial charge in [-0.25, -0.2) is 0 Å². The average Bonchev–Trinajstić information content (AvgIpc) is 2.62. The predicted molar refractivity (Wildman–Crippen MR) is 60.1 cm³/mol. The number of rotatable bonds is 3. The molecule has 82 valence electrons. The molecule has 0 aromatic heterocycles. The highest BCUT2D eigenvalue weighted by Crippen LogP contribution is 2.29. The van der Waals surface area contributed by atoms with E-state index in [9.17, 15) is 5.11 Å². The Morgan fingerprint density at radius 1 is 1.40 bits per heavy atom. The summed E-state index contributed by atoms with van der Waals surface area (Å²) in [7, 11) is 0. The number of hydrogen-bond donors (Lipinski definition) is 1. The Labute approximate surface area is 90.9 Å². The first kappa shape index (κ1) is 10.5. The minimum Gasteiger partial charge on any atom is -0.493 e. The van der Waals surface area contributed by atoms with Crippen LogP contribution in [0.4, 0.5) is 0 Å². The summed E-state index contributed by atoms with van der Waals surface area (Å²) in [6, 6.07) is 6.02. The molecule has 0 radical (unpaired) electrons. The second kappa shape index (κ2) is 4.23. The van der Waals surface area contributed by atoms with Crippen LogP contribution < -0.4 is 4.74 Å². The van der Waals surface area contributed by atoms with Gasteiger partial charge in [0, 0.05) is 6.42 Å². The van der Waals surface area contributed by atoms with Crippen molar-refractivity contribution in [2.45, 2.75) is 32.8 Å². The predicted octanol–water partition coefficient (Wildman–Crippen LogP) is 2.70. The molecule has 0 bridgehead atoms. The fourth-order valence-electron chi connectivity index (χ4n) is 2.00. The van der Waals surface area contributed by atoms with Crippen molar-refractivity contribution in [2.24, 2.45) is 5.92 Å². The van der Waals surface area contributed by atoms with E-state index in [0.29, 0.717) is 5.92 Å². The monoisotopic (exact) mass is 206 g/mol. The zero-order valence-corrected chi connectivity index (χ0v) is 9.36. The number of ether oxygens (including phenoxy) is 1. The Morgan fingerprint density at radius 2 is 2.20 bits per heavy atom. The van der Waals surface area contributed by atoms with Gasteiger partial charge >= 0.3 is 0 Å². The molecule has 0 spiro atoms. The normalized spacial score (nSPS) is 16.3. The molecule has 2 nitrogen and oxygen atoms in total. The molecule has 0 aliphatic carbocycles. The SMILES string of the molecule is CC(C)CC(O)c1ccc2c(c1)CCO2. The lowest BCUT2D eigenvalue weighted by Crippen LogP contribution is -2.02. The van der Waals surface area contributed by atoms with Gasteiger partial charge < -0.3 is 9.84 Å². The zero-order chi connectivity index (χ0) is 10.8. The minimum atomic E-state index is -0.337. The molecule has 0 fully saturated rings. The van der Waals surface area contributed by atoms with E-state index in [4.69, 9.17) is 4.74 Å². The molecule has 2 rings (SSSR count). The summed E-state index contributed by atoms with van der Waals surface area (Å²) in [6.45, 7) is 5.03. The molecule has 1 heterocycles. The van der Waals surface area contributed by atoms with Crippen LogP contribution in [0.2, 0.25) is 0 Å². The quantitative estimate of drug-likeness (QED) is 0.824. The Morgan fingerprint density at radius 3 is 2.93 bits per heavy atom. The summed E-state index contributed by atoms with van der Waals surface area (Å²) in [5.74, 6) is 1.50. The topological polar surface area (TPSA) is 29.5 Å². The molecule has 1 aromatic carbocycles. The molecule has 1 aliphatic heterocycles. The van der Waals surface area contributed by atoms with Crippen molar-refractivity contribution in [1.82, 2.24) is 0 Å². The van der Waals surface area contributed by atoms with Gasteiger partial charge in [-0.3, -0.25) is 0 Å². The van der Waals surface area contributed by atoms with E-state index in [1.165, 1.54) is 5.56 Å². The van der Waals surface area contributed by atoms with Gasteiger partial charge in [0.05, 0.1) is 12.7 Å². The second-order valence-corrected chi connectivity index (χ2v) is 4.61. The van der Waals surface area contributed by atoms with Gasteiger partial charge in [0.2, 0.25) is 0 Å². The smallest absolute Gasteiger partial charge is 0.122 e. The van der Waals surface area contributed by atoms with Crippen molar-refractivity contribution in [3.63, 3.8) is 0 Å². The molecule has 0 saturated heterocycles. The Kier molecular flexibility index (Phi) is 2.96. The van der Waals surface area contributed by atoms with Gasteiger partial charge in [0.15, 0.2) is 0 Å². The van der Waals surface area contributed by atoms with Crippen LogP contribution in [-0.4, -0.2) is 11.7 Å². The number of benzene rings is 1. The summed E-state index contributed by atoms with van der Waals surface area (Å²) in [6.07, 6.45) is 1.45. The molecule has 1 aromatic rings. The largest absolute Gasteiger partial charge is 0.493 e. The number of aliphatic hydroxyl groups excluding tert-OH is 1. The van der Waals surface area contributed by atoms with Gasteiger partial charge in [0.1, 0.15) is 5.75 Å². The number of fused-ring (bicyclic) bond motifs is 1. The van der Waals surface area contributed by atoms with Crippen LogP contribution in [0.5, 0.6) is 5.75 Å². The maximum atomic E-state index is 9.98. The summed E-state index contributed by atoms with van der Waals surface area (Å²) in [4.78, 5) is 0. The number of aliphatic hydroxyl groups is 1. The third-order valence-electron chi connectivity index (χ3n) is 2.79. The first-order chi connectivity index (χ1) is 7.16. The van der Waals surface area contributed by atoms with Crippen LogP contribution in [0.1, 0.15) is 37.5 Å². The fraction of sp³-hybridized carbons (Fsp3) is 0.538. The van der Waals surface area contributed by atoms with Crippen molar-refractivity contribution >= 4 is 0 Å². The molecule has 15 heavy (non-hydrogen) atoms. The highest BCUT2D eigenvalue weighted by Gasteiger charge is 2.15. The number of hydrogen-bond acceptors (Lipinski definition) is 2. The van der Waals surface area contributed by atoms with E-state index in [0.717, 1.165) is 30.8 Å². The van der Waals surface area contributed by atoms with Crippen LogP contribution in [-0.2, 0) is 6.42 Å². The standard InChI is InChI=1S/C13H18O2/c1-9(2)7-12(14)10-3-4-13-11(8-10)5-6-15-13/h3-4,8-9,12,14H,5-7H2,1-2H3. The van der Waals surface area contributed by atoms with Gasteiger partial charge in [-0.1, -0.05) is 19.9 Å². The van der Waals surface area contributed by atoms with Gasteiger partial charge in [-0.05, 0) is 35.6 Å². The van der Waals surface area contributed by atoms with E-state index in [1.54, 1.807) is 0 Å². The van der Waals surface area contributed by atoms with E-state index >= 15 is 0 Å². The first-order valence-electron chi connectivity index (χ1n) is 5.60. The summed E-state index contributed by atoms with van der Waals surface area (Å²) >= 11 is 0. The van der Waals surface area contributed by atoms with Gasteiger partial charge in [0.25, 0.3) is 0 Å². The van der Waals surface area contributed by atoms with Crippen molar-refractivity contribution in [1.29, 1.82) is 0 Å². The lowest BCUT2D eigenvalue weighted by Gasteiger charge is -2.14. The van der Waals surface area contributed by atoms with Crippen molar-refractivity contribution in [2.75, 3.05) is 6.61 Å². The zero-order valence-electron chi connectivity index (χ0n) is 9.36. The van der Waals surface area contributed by atoms with E-state index in [1.807, 2.05) is 12.1 Å². The van der Waals surface area contributed by atoms with Gasteiger partial charge in [-0.2, -0.15) is 0 Å². The van der Waals surface area contributed by atoms with E-state index in [2.05, 4.69) is 19.9 Å². The van der Waals surface area contributed by atoms with Crippen LogP contribution in [0.15, 0.2) is 18.2 Å². The van der Waals surface area contributed by atoms with Crippen molar-refractivity contribution < 1.29 is 9.84 Å². The molecule has 0 saturated carbocycles. The van der Waals surface area contributed by atoms with Gasteiger partial charge in [-0.15, -0.1) is 0 Å². The highest BCUT2D eigenvalue weighted by molar-refractivity contribution is 5.40. The second-order valence-electron chi connectivity index (χ2n) is 4.61. The molecule has 1 aliphatic rings. The maximum absolute atomic E-state index is 9.98.